The van der Waals surface area contributed by atoms with Crippen molar-refractivity contribution >= 4 is 28.3 Å². The number of H-pyrrole nitrogens is 1. The smallest absolute Gasteiger partial charge is 0.253 e. The van der Waals surface area contributed by atoms with Crippen LogP contribution in [0.3, 0.4) is 0 Å². The van der Waals surface area contributed by atoms with Gasteiger partial charge in [0, 0.05) is 42.9 Å². The van der Waals surface area contributed by atoms with Gasteiger partial charge in [-0.15, -0.1) is 0 Å². The van der Waals surface area contributed by atoms with Gasteiger partial charge >= 0.3 is 0 Å². The highest BCUT2D eigenvalue weighted by atomic mass is 16.5. The van der Waals surface area contributed by atoms with Crippen molar-refractivity contribution in [2.75, 3.05) is 25.5 Å². The molecule has 0 atom stereocenters. The fraction of sp³-hybridized carbons (Fsp3) is 0.435. The van der Waals surface area contributed by atoms with E-state index in [4.69, 9.17) is 9.47 Å². The molecule has 1 amide bonds. The monoisotopic (exact) mass is 423 g/mol. The number of hydrogen-bond donors (Lipinski definition) is 2. The van der Waals surface area contributed by atoms with Crippen molar-refractivity contribution in [1.82, 2.24) is 20.1 Å². The number of nitrogens with one attached hydrogen (secondary N) is 2. The maximum atomic E-state index is 13.1. The molecule has 0 radical (unpaired) electrons. The molecule has 0 saturated carbocycles. The van der Waals surface area contributed by atoms with E-state index in [9.17, 15) is 4.79 Å². The lowest BCUT2D eigenvalue weighted by atomic mass is 10.0. The van der Waals surface area contributed by atoms with Crippen molar-refractivity contribution in [3.05, 3.63) is 41.6 Å². The maximum absolute atomic E-state index is 13.1. The van der Waals surface area contributed by atoms with E-state index in [2.05, 4.69) is 20.5 Å². The lowest BCUT2D eigenvalue weighted by Crippen LogP contribution is -2.40. The van der Waals surface area contributed by atoms with Crippen molar-refractivity contribution in [2.45, 2.75) is 45.8 Å². The van der Waals surface area contributed by atoms with Crippen LogP contribution in [0.15, 0.2) is 30.3 Å². The van der Waals surface area contributed by atoms with E-state index in [0.717, 1.165) is 29.3 Å². The molecular formula is C23H29N5O3. The minimum absolute atomic E-state index is 0.0260. The van der Waals surface area contributed by atoms with Crippen LogP contribution in [0.25, 0.3) is 10.8 Å². The minimum atomic E-state index is -0.0260. The molecule has 0 aliphatic carbocycles. The predicted molar refractivity (Wildman–Crippen MR) is 120 cm³/mol. The van der Waals surface area contributed by atoms with Crippen LogP contribution >= 0.6 is 0 Å². The van der Waals surface area contributed by atoms with Crippen LogP contribution in [0, 0.1) is 6.92 Å². The SMILES string of the molecule is COC1CCN(C(=O)c2ccc3c(OC(C)C)nc(Nc4cc(C)[nH]n4)cc3c2)CC1. The number of aromatic nitrogens is 3. The lowest BCUT2D eigenvalue weighted by molar-refractivity contribution is 0.0351. The summed E-state index contributed by atoms with van der Waals surface area (Å²) in [7, 11) is 1.73. The van der Waals surface area contributed by atoms with E-state index in [-0.39, 0.29) is 18.1 Å². The van der Waals surface area contributed by atoms with Gasteiger partial charge in [0.2, 0.25) is 5.88 Å². The van der Waals surface area contributed by atoms with Gasteiger partial charge in [0.25, 0.3) is 5.91 Å². The summed E-state index contributed by atoms with van der Waals surface area (Å²) in [5.74, 6) is 1.85. The molecule has 1 fully saturated rings. The van der Waals surface area contributed by atoms with Gasteiger partial charge in [0.1, 0.15) is 5.82 Å². The van der Waals surface area contributed by atoms with Crippen molar-refractivity contribution in [3.63, 3.8) is 0 Å². The standard InChI is InChI=1S/C23H29N5O3/c1-14(2)31-22-19-6-5-16(23(29)28-9-7-18(30-4)8-10-28)12-17(19)13-20(25-22)24-21-11-15(3)26-27-21/h5-6,11-14,18H,7-10H2,1-4H3,(H2,24,25,26,27). The number of nitrogens with zero attached hydrogens (tertiary/aromatic N) is 3. The number of benzene rings is 1. The summed E-state index contributed by atoms with van der Waals surface area (Å²) >= 11 is 0. The molecule has 2 aromatic heterocycles. The Hall–Kier alpha value is -3.13. The number of carbonyl (C=O) groups excluding carboxylic acids is 1. The Morgan fingerprint density at radius 2 is 1.97 bits per heavy atom. The molecule has 8 heteroatoms. The van der Waals surface area contributed by atoms with Crippen LogP contribution in [0.2, 0.25) is 0 Å². The molecule has 1 aliphatic rings. The molecule has 0 bridgehead atoms. The number of carbonyl (C=O) groups is 1. The molecule has 1 aromatic carbocycles. The third-order valence-corrected chi connectivity index (χ3v) is 5.42. The number of anilines is 2. The Labute approximate surface area is 181 Å². The Balaban J connectivity index is 1.65. The zero-order valence-electron chi connectivity index (χ0n) is 18.4. The predicted octanol–water partition coefficient (Wildman–Crippen LogP) is 4.05. The fourth-order valence-electron chi connectivity index (χ4n) is 3.83. The summed E-state index contributed by atoms with van der Waals surface area (Å²) in [5.41, 5.74) is 1.61. The highest BCUT2D eigenvalue weighted by molar-refractivity contribution is 6.00. The van der Waals surface area contributed by atoms with E-state index in [1.165, 1.54) is 0 Å². The molecule has 0 unspecified atom stereocenters. The third kappa shape index (κ3) is 4.80. The molecule has 3 heterocycles. The third-order valence-electron chi connectivity index (χ3n) is 5.42. The second-order valence-corrected chi connectivity index (χ2v) is 8.20. The molecule has 8 nitrogen and oxygen atoms in total. The molecule has 164 valence electrons. The minimum Gasteiger partial charge on any atom is -0.474 e. The number of aryl methyl sites for hydroxylation is 1. The highest BCUT2D eigenvalue weighted by Gasteiger charge is 2.24. The summed E-state index contributed by atoms with van der Waals surface area (Å²) in [4.78, 5) is 19.6. The van der Waals surface area contributed by atoms with E-state index in [0.29, 0.717) is 36.2 Å². The fourth-order valence-corrected chi connectivity index (χ4v) is 3.83. The van der Waals surface area contributed by atoms with Gasteiger partial charge in [0.05, 0.1) is 12.2 Å². The number of aromatic amines is 1. The average molecular weight is 424 g/mol. The number of methoxy groups -OCH3 is 1. The first-order chi connectivity index (χ1) is 14.9. The Kier molecular flexibility index (Phi) is 6.08. The number of piperidine rings is 1. The summed E-state index contributed by atoms with van der Waals surface area (Å²) < 4.78 is 11.4. The van der Waals surface area contributed by atoms with Crippen molar-refractivity contribution in [2.24, 2.45) is 0 Å². The molecular weight excluding hydrogens is 394 g/mol. The molecule has 2 N–H and O–H groups in total. The second-order valence-electron chi connectivity index (χ2n) is 8.20. The van der Waals surface area contributed by atoms with Crippen LogP contribution < -0.4 is 10.1 Å². The first-order valence-corrected chi connectivity index (χ1v) is 10.7. The Morgan fingerprint density at radius 3 is 2.61 bits per heavy atom. The summed E-state index contributed by atoms with van der Waals surface area (Å²) in [6, 6.07) is 9.50. The quantitative estimate of drug-likeness (QED) is 0.621. The lowest BCUT2D eigenvalue weighted by Gasteiger charge is -2.31. The number of pyridine rings is 1. The number of rotatable bonds is 6. The number of likely N-dealkylation sites (tertiary alicyclic amines) is 1. The molecule has 1 aliphatic heterocycles. The summed E-state index contributed by atoms with van der Waals surface area (Å²) in [6.45, 7) is 7.28. The van der Waals surface area contributed by atoms with Crippen LogP contribution in [0.1, 0.15) is 42.7 Å². The molecule has 31 heavy (non-hydrogen) atoms. The molecule has 0 spiro atoms. The van der Waals surface area contributed by atoms with Crippen molar-refractivity contribution in [1.29, 1.82) is 0 Å². The van der Waals surface area contributed by atoms with Gasteiger partial charge in [0.15, 0.2) is 5.82 Å². The Morgan fingerprint density at radius 1 is 1.19 bits per heavy atom. The second kappa shape index (κ2) is 8.93. The largest absolute Gasteiger partial charge is 0.474 e. The number of fused-ring (bicyclic) bond motifs is 1. The van der Waals surface area contributed by atoms with Crippen LogP contribution in [0.5, 0.6) is 5.88 Å². The zero-order chi connectivity index (χ0) is 22.0. The van der Waals surface area contributed by atoms with Gasteiger partial charge in [-0.2, -0.15) is 10.1 Å². The van der Waals surface area contributed by atoms with Crippen LogP contribution in [-0.2, 0) is 4.74 Å². The average Bonchev–Trinajstić information content (AvgIpc) is 3.17. The van der Waals surface area contributed by atoms with E-state index < -0.39 is 0 Å². The van der Waals surface area contributed by atoms with Gasteiger partial charge in [-0.25, -0.2) is 0 Å². The number of hydrogen-bond acceptors (Lipinski definition) is 6. The zero-order valence-corrected chi connectivity index (χ0v) is 18.4. The number of ether oxygens (including phenoxy) is 2. The van der Waals surface area contributed by atoms with Gasteiger partial charge in [-0.05, 0) is 63.3 Å². The summed E-state index contributed by atoms with van der Waals surface area (Å²) in [5, 5.41) is 12.1. The van der Waals surface area contributed by atoms with Gasteiger partial charge < -0.3 is 19.7 Å². The van der Waals surface area contributed by atoms with E-state index >= 15 is 0 Å². The van der Waals surface area contributed by atoms with Crippen LogP contribution in [-0.4, -0.2) is 58.4 Å². The van der Waals surface area contributed by atoms with Crippen molar-refractivity contribution < 1.29 is 14.3 Å². The molecule has 1 saturated heterocycles. The highest BCUT2D eigenvalue weighted by Crippen LogP contribution is 2.30. The number of amides is 1. The van der Waals surface area contributed by atoms with E-state index in [1.807, 2.05) is 56.0 Å². The Bertz CT molecular complexity index is 1070. The first-order valence-electron chi connectivity index (χ1n) is 10.7. The van der Waals surface area contributed by atoms with E-state index in [1.54, 1.807) is 7.11 Å². The molecule has 4 rings (SSSR count). The van der Waals surface area contributed by atoms with Crippen LogP contribution in [0.4, 0.5) is 11.6 Å². The van der Waals surface area contributed by atoms with Gasteiger partial charge in [-0.3, -0.25) is 9.89 Å². The van der Waals surface area contributed by atoms with Crippen molar-refractivity contribution in [3.8, 4) is 5.88 Å². The first kappa shape index (κ1) is 21.1. The topological polar surface area (TPSA) is 92.4 Å². The van der Waals surface area contributed by atoms with Gasteiger partial charge in [-0.1, -0.05) is 0 Å². The maximum Gasteiger partial charge on any atom is 0.253 e. The summed E-state index contributed by atoms with van der Waals surface area (Å²) in [6.07, 6.45) is 1.94. The normalized spacial score (nSPS) is 14.9. The molecule has 3 aromatic rings.